The third-order valence-corrected chi connectivity index (χ3v) is 3.77. The van der Waals surface area contributed by atoms with E-state index in [0.717, 1.165) is 18.4 Å². The quantitative estimate of drug-likeness (QED) is 0.473. The number of esters is 1. The summed E-state index contributed by atoms with van der Waals surface area (Å²) < 4.78 is 5.33. The van der Waals surface area contributed by atoms with Crippen LogP contribution in [0.2, 0.25) is 0 Å². The second-order valence-corrected chi connectivity index (χ2v) is 5.61. The van der Waals surface area contributed by atoms with Gasteiger partial charge in [-0.05, 0) is 24.8 Å². The average Bonchev–Trinajstić information content (AvgIpc) is 2.61. The van der Waals surface area contributed by atoms with Crippen LogP contribution in [-0.4, -0.2) is 17.7 Å². The number of ether oxygens (including phenoxy) is 1. The average molecular weight is 341 g/mol. The van der Waals surface area contributed by atoms with Crippen molar-refractivity contribution in [2.75, 3.05) is 6.61 Å². The van der Waals surface area contributed by atoms with Crippen molar-refractivity contribution >= 4 is 5.97 Å². The second-order valence-electron chi connectivity index (χ2n) is 5.61. The van der Waals surface area contributed by atoms with Crippen LogP contribution in [0, 0.1) is 5.92 Å². The lowest BCUT2D eigenvalue weighted by molar-refractivity contribution is -0.143. The lowest BCUT2D eigenvalue weighted by atomic mass is 9.95. The highest BCUT2D eigenvalue weighted by molar-refractivity contribution is 5.72. The van der Waals surface area contributed by atoms with Gasteiger partial charge in [-0.2, -0.15) is 0 Å². The van der Waals surface area contributed by atoms with Gasteiger partial charge in [0, 0.05) is 6.42 Å². The lowest BCUT2D eigenvalue weighted by Gasteiger charge is -2.15. The van der Waals surface area contributed by atoms with Crippen molar-refractivity contribution in [2.24, 2.45) is 5.92 Å². The van der Waals surface area contributed by atoms with Crippen LogP contribution < -0.4 is 0 Å². The summed E-state index contributed by atoms with van der Waals surface area (Å²) >= 11 is 0. The molecule has 0 saturated heterocycles. The van der Waals surface area contributed by atoms with Crippen molar-refractivity contribution in [2.45, 2.75) is 92.9 Å². The van der Waals surface area contributed by atoms with Gasteiger partial charge in [0.15, 0.2) is 0 Å². The van der Waals surface area contributed by atoms with Gasteiger partial charge in [-0.15, -0.1) is 0 Å². The van der Waals surface area contributed by atoms with Gasteiger partial charge >= 0.3 is 5.97 Å². The van der Waals surface area contributed by atoms with E-state index in [-0.39, 0.29) is 5.97 Å². The molecule has 0 heterocycles. The van der Waals surface area contributed by atoms with Crippen molar-refractivity contribution in [3.05, 3.63) is 23.5 Å². The van der Waals surface area contributed by atoms with Crippen LogP contribution in [0.15, 0.2) is 23.5 Å². The van der Waals surface area contributed by atoms with Crippen molar-refractivity contribution in [3.63, 3.8) is 0 Å². The monoisotopic (exact) mass is 340 g/mol. The van der Waals surface area contributed by atoms with Gasteiger partial charge in [0.2, 0.25) is 0 Å². The molecule has 24 heavy (non-hydrogen) atoms. The van der Waals surface area contributed by atoms with Gasteiger partial charge in [-0.25, -0.2) is 0 Å². The van der Waals surface area contributed by atoms with Gasteiger partial charge in [-0.1, -0.05) is 78.9 Å². The summed E-state index contributed by atoms with van der Waals surface area (Å²) in [7, 11) is 0. The number of rotatable bonds is 9. The summed E-state index contributed by atoms with van der Waals surface area (Å²) in [5.74, 6) is 0.938. The molecule has 0 radical (unpaired) electrons. The molecule has 142 valence electrons. The molecule has 1 aliphatic rings. The molecule has 0 aromatic carbocycles. The molecule has 0 aliphatic heterocycles. The van der Waals surface area contributed by atoms with E-state index < -0.39 is 0 Å². The highest BCUT2D eigenvalue weighted by Gasteiger charge is 2.12. The molecule has 3 heteroatoms. The Bertz CT molecular complexity index is 350. The largest absolute Gasteiger partial charge is 0.512 e. The maximum absolute atomic E-state index is 11.7. The smallest absolute Gasteiger partial charge is 0.309 e. The van der Waals surface area contributed by atoms with Crippen molar-refractivity contribution in [3.8, 4) is 0 Å². The van der Waals surface area contributed by atoms with Gasteiger partial charge in [0.1, 0.15) is 0 Å². The van der Waals surface area contributed by atoms with E-state index in [1.807, 2.05) is 33.8 Å². The van der Waals surface area contributed by atoms with Gasteiger partial charge in [0.25, 0.3) is 0 Å². The number of hydrogen-bond donors (Lipinski definition) is 1. The maximum atomic E-state index is 11.7. The van der Waals surface area contributed by atoms with Crippen molar-refractivity contribution in [1.29, 1.82) is 0 Å². The topological polar surface area (TPSA) is 46.5 Å². The summed E-state index contributed by atoms with van der Waals surface area (Å²) in [5, 5.41) is 9.26. The number of carbonyl (C=O) groups excluding carboxylic acids is 1. The molecule has 1 aliphatic carbocycles. The highest BCUT2D eigenvalue weighted by Crippen LogP contribution is 2.20. The van der Waals surface area contributed by atoms with E-state index in [1.54, 1.807) is 6.08 Å². The van der Waals surface area contributed by atoms with E-state index in [0.29, 0.717) is 31.1 Å². The molecule has 0 unspecified atom stereocenters. The molecule has 3 nitrogen and oxygen atoms in total. The Labute approximate surface area is 150 Å². The SMILES string of the molecule is CC.CC.CCCC(CCC)CCOC(=O)CC1=CC=C(O)CC1. The first-order valence-electron chi connectivity index (χ1n) is 9.88. The summed E-state index contributed by atoms with van der Waals surface area (Å²) in [5.41, 5.74) is 1.05. The predicted molar refractivity (Wildman–Crippen MR) is 104 cm³/mol. The Kier molecular flexibility index (Phi) is 18.8. The summed E-state index contributed by atoms with van der Waals surface area (Å²) in [6.45, 7) is 12.9. The van der Waals surface area contributed by atoms with Crippen LogP contribution in [0.1, 0.15) is 92.9 Å². The van der Waals surface area contributed by atoms with Crippen molar-refractivity contribution < 1.29 is 14.6 Å². The zero-order valence-electron chi connectivity index (χ0n) is 16.9. The molecular formula is C21H40O3. The molecule has 0 bridgehead atoms. The van der Waals surface area contributed by atoms with Gasteiger partial charge < -0.3 is 9.84 Å². The van der Waals surface area contributed by atoms with Crippen LogP contribution >= 0.6 is 0 Å². The fourth-order valence-corrected chi connectivity index (χ4v) is 2.64. The number of aliphatic hydroxyl groups excluding tert-OH is 1. The number of allylic oxidation sites excluding steroid dienone is 3. The minimum atomic E-state index is -0.141. The third kappa shape index (κ3) is 13.2. The lowest BCUT2D eigenvalue weighted by Crippen LogP contribution is -2.11. The van der Waals surface area contributed by atoms with E-state index in [9.17, 15) is 9.90 Å². The molecule has 0 fully saturated rings. The van der Waals surface area contributed by atoms with E-state index in [1.165, 1.54) is 25.7 Å². The Morgan fingerprint density at radius 3 is 2.08 bits per heavy atom. The Hall–Kier alpha value is -1.25. The van der Waals surface area contributed by atoms with Crippen LogP contribution in [0.4, 0.5) is 0 Å². The first kappa shape index (κ1) is 25.0. The first-order valence-corrected chi connectivity index (χ1v) is 9.88. The fourth-order valence-electron chi connectivity index (χ4n) is 2.64. The van der Waals surface area contributed by atoms with E-state index >= 15 is 0 Å². The zero-order chi connectivity index (χ0) is 18.8. The zero-order valence-corrected chi connectivity index (χ0v) is 16.9. The molecule has 1 rings (SSSR count). The molecule has 1 N–H and O–H groups in total. The standard InChI is InChI=1S/C17H28O3.2C2H6/c1-3-5-14(6-4-2)11-12-20-17(19)13-15-7-9-16(18)10-8-15;2*1-2/h7,9,14,18H,3-6,8,10-13H2,1-2H3;2*1-2H3. The number of hydrogen-bond acceptors (Lipinski definition) is 3. The summed E-state index contributed by atoms with van der Waals surface area (Å²) in [4.78, 5) is 11.7. The molecule has 0 aromatic rings. The van der Waals surface area contributed by atoms with E-state index in [4.69, 9.17) is 4.74 Å². The second kappa shape index (κ2) is 18.1. The van der Waals surface area contributed by atoms with Gasteiger partial charge in [0.05, 0.1) is 18.8 Å². The molecule has 0 spiro atoms. The van der Waals surface area contributed by atoms with Crippen LogP contribution in [0.5, 0.6) is 0 Å². The Morgan fingerprint density at radius 1 is 1.04 bits per heavy atom. The summed E-state index contributed by atoms with van der Waals surface area (Å²) in [6, 6.07) is 0. The van der Waals surface area contributed by atoms with Crippen LogP contribution in [0.3, 0.4) is 0 Å². The van der Waals surface area contributed by atoms with E-state index in [2.05, 4.69) is 13.8 Å². The van der Waals surface area contributed by atoms with Crippen LogP contribution in [-0.2, 0) is 9.53 Å². The molecule has 0 saturated carbocycles. The fraction of sp³-hybridized carbons (Fsp3) is 0.762. The molecule has 0 amide bonds. The predicted octanol–water partition coefficient (Wildman–Crippen LogP) is 6.74. The Balaban J connectivity index is 0. The number of carbonyl (C=O) groups is 1. The van der Waals surface area contributed by atoms with Gasteiger partial charge in [-0.3, -0.25) is 4.79 Å². The van der Waals surface area contributed by atoms with Crippen molar-refractivity contribution in [1.82, 2.24) is 0 Å². The third-order valence-electron chi connectivity index (χ3n) is 3.77. The normalized spacial score (nSPS) is 13.0. The number of aliphatic hydroxyl groups is 1. The maximum Gasteiger partial charge on any atom is 0.309 e. The molecule has 0 atom stereocenters. The highest BCUT2D eigenvalue weighted by atomic mass is 16.5. The molecule has 0 aromatic heterocycles. The minimum absolute atomic E-state index is 0.141. The first-order chi connectivity index (χ1) is 11.7. The summed E-state index contributed by atoms with van der Waals surface area (Å²) in [6.07, 6.45) is 11.1. The molecular weight excluding hydrogens is 300 g/mol. The van der Waals surface area contributed by atoms with Crippen LogP contribution in [0.25, 0.3) is 0 Å². The minimum Gasteiger partial charge on any atom is -0.512 e. The Morgan fingerprint density at radius 2 is 1.62 bits per heavy atom.